The number of halogens is 3. The lowest BCUT2D eigenvalue weighted by atomic mass is 10.1. The van der Waals surface area contributed by atoms with E-state index in [1.165, 1.54) is 42.1 Å². The summed E-state index contributed by atoms with van der Waals surface area (Å²) in [6.45, 7) is 3.30. The smallest absolute Gasteiger partial charge is 0.416 e. The number of alkyl halides is 3. The van der Waals surface area contributed by atoms with Gasteiger partial charge in [0.15, 0.2) is 5.75 Å². The molecule has 0 aliphatic rings. The van der Waals surface area contributed by atoms with Crippen molar-refractivity contribution in [1.82, 2.24) is 9.78 Å². The Hall–Kier alpha value is -3.82. The van der Waals surface area contributed by atoms with Crippen LogP contribution in [-0.4, -0.2) is 33.9 Å². The fraction of sp³-hybridized carbons (Fsp3) is 0.227. The van der Waals surface area contributed by atoms with Gasteiger partial charge in [-0.2, -0.15) is 18.3 Å². The third-order valence-corrected chi connectivity index (χ3v) is 4.91. The molecule has 1 amide bonds. The van der Waals surface area contributed by atoms with Crippen molar-refractivity contribution in [1.29, 1.82) is 0 Å². The Morgan fingerprint density at radius 2 is 1.84 bits per heavy atom. The molecule has 0 bridgehead atoms. The number of para-hydroxylation sites is 1. The summed E-state index contributed by atoms with van der Waals surface area (Å²) in [4.78, 5) is 24.3. The second-order valence-corrected chi connectivity index (χ2v) is 7.03. The number of carbonyl (C=O) groups is 2. The van der Waals surface area contributed by atoms with Crippen LogP contribution in [-0.2, 0) is 22.1 Å². The van der Waals surface area contributed by atoms with Crippen LogP contribution in [0.15, 0.2) is 42.5 Å². The van der Waals surface area contributed by atoms with E-state index in [1.54, 1.807) is 13.8 Å². The van der Waals surface area contributed by atoms with E-state index >= 15 is 0 Å². The van der Waals surface area contributed by atoms with Gasteiger partial charge in [-0.05, 0) is 44.2 Å². The molecule has 32 heavy (non-hydrogen) atoms. The number of aromatic hydroxyl groups is 1. The van der Waals surface area contributed by atoms with Crippen molar-refractivity contribution in [2.45, 2.75) is 26.4 Å². The van der Waals surface area contributed by atoms with Gasteiger partial charge >= 0.3 is 12.1 Å². The number of phenols is 1. The Balaban J connectivity index is 1.85. The van der Waals surface area contributed by atoms with Gasteiger partial charge in [-0.3, -0.25) is 4.79 Å². The Morgan fingerprint density at radius 1 is 1.16 bits per heavy atom. The Bertz CT molecular complexity index is 1190. The molecule has 168 valence electrons. The summed E-state index contributed by atoms with van der Waals surface area (Å²) in [5.41, 5.74) is 0.849. The van der Waals surface area contributed by atoms with Gasteiger partial charge in [0.25, 0.3) is 0 Å². The first-order valence-corrected chi connectivity index (χ1v) is 9.45. The van der Waals surface area contributed by atoms with Crippen molar-refractivity contribution < 1.29 is 32.6 Å². The molecule has 10 heteroatoms. The third kappa shape index (κ3) is 4.58. The predicted octanol–water partition coefficient (Wildman–Crippen LogP) is 4.18. The highest BCUT2D eigenvalue weighted by molar-refractivity contribution is 5.99. The normalized spacial score (nSPS) is 11.3. The van der Waals surface area contributed by atoms with E-state index in [-0.39, 0.29) is 23.4 Å². The minimum absolute atomic E-state index is 0.0264. The second-order valence-electron chi connectivity index (χ2n) is 7.03. The Kier molecular flexibility index (Phi) is 6.24. The highest BCUT2D eigenvalue weighted by Gasteiger charge is 2.31. The van der Waals surface area contributed by atoms with Crippen molar-refractivity contribution in [2.75, 3.05) is 12.4 Å². The lowest BCUT2D eigenvalue weighted by Crippen LogP contribution is -2.16. The molecule has 0 aliphatic heterocycles. The fourth-order valence-electron chi connectivity index (χ4n) is 3.27. The van der Waals surface area contributed by atoms with Crippen LogP contribution in [0.4, 0.5) is 18.9 Å². The van der Waals surface area contributed by atoms with E-state index in [1.807, 2.05) is 0 Å². The van der Waals surface area contributed by atoms with Gasteiger partial charge in [0, 0.05) is 11.3 Å². The average molecular weight is 447 g/mol. The van der Waals surface area contributed by atoms with Gasteiger partial charge in [0.05, 0.1) is 36.2 Å². The summed E-state index contributed by atoms with van der Waals surface area (Å²) in [5.74, 6) is -1.69. The van der Waals surface area contributed by atoms with Crippen molar-refractivity contribution in [2.24, 2.45) is 0 Å². The van der Waals surface area contributed by atoms with Crippen LogP contribution in [0.3, 0.4) is 0 Å². The summed E-state index contributed by atoms with van der Waals surface area (Å²) >= 11 is 0. The number of methoxy groups -OCH3 is 1. The van der Waals surface area contributed by atoms with Crippen LogP contribution in [0.5, 0.6) is 5.75 Å². The molecule has 1 aromatic heterocycles. The fourth-order valence-corrected chi connectivity index (χ4v) is 3.27. The Morgan fingerprint density at radius 3 is 2.50 bits per heavy atom. The number of amides is 1. The van der Waals surface area contributed by atoms with Crippen molar-refractivity contribution >= 4 is 17.6 Å². The van der Waals surface area contributed by atoms with Gasteiger partial charge in [-0.1, -0.05) is 12.1 Å². The number of rotatable bonds is 5. The summed E-state index contributed by atoms with van der Waals surface area (Å²) in [6, 6.07) is 8.99. The standard InChI is InChI=1S/C22H20F3N3O4/c1-12-17(11-19(29)26-18-9-5-8-16(20(18)30)21(31)32-3)13(2)28(27-12)15-7-4-6-14(10-15)22(23,24)25/h4-10,30H,11H2,1-3H3,(H,26,29). The minimum atomic E-state index is -4.49. The molecule has 0 spiro atoms. The Labute approximate surface area is 181 Å². The van der Waals surface area contributed by atoms with E-state index in [0.717, 1.165) is 12.1 Å². The monoisotopic (exact) mass is 447 g/mol. The zero-order valence-electron chi connectivity index (χ0n) is 17.4. The number of nitrogens with one attached hydrogen (secondary N) is 1. The zero-order chi connectivity index (χ0) is 23.6. The van der Waals surface area contributed by atoms with Crippen LogP contribution in [0.1, 0.15) is 32.9 Å². The maximum absolute atomic E-state index is 13.0. The molecule has 3 aromatic rings. The topological polar surface area (TPSA) is 93.5 Å². The predicted molar refractivity (Wildman–Crippen MR) is 110 cm³/mol. The van der Waals surface area contributed by atoms with Crippen LogP contribution < -0.4 is 5.32 Å². The van der Waals surface area contributed by atoms with Crippen LogP contribution in [0.25, 0.3) is 5.69 Å². The molecule has 2 aromatic carbocycles. The lowest BCUT2D eigenvalue weighted by Gasteiger charge is -2.11. The maximum atomic E-state index is 13.0. The first kappa shape index (κ1) is 22.9. The molecule has 0 atom stereocenters. The molecule has 0 saturated heterocycles. The van der Waals surface area contributed by atoms with Crippen molar-refractivity contribution in [3.8, 4) is 11.4 Å². The van der Waals surface area contributed by atoms with E-state index in [9.17, 15) is 27.9 Å². The molecule has 2 N–H and O–H groups in total. The molecule has 3 rings (SSSR count). The van der Waals surface area contributed by atoms with Crippen molar-refractivity contribution in [3.05, 3.63) is 70.5 Å². The molecule has 0 radical (unpaired) electrons. The summed E-state index contributed by atoms with van der Waals surface area (Å²) in [6.07, 6.45) is -4.63. The van der Waals surface area contributed by atoms with Gasteiger partial charge in [-0.15, -0.1) is 0 Å². The number of phenolic OH excluding ortho intramolecular Hbond substituents is 1. The number of anilines is 1. The van der Waals surface area contributed by atoms with Crippen LogP contribution >= 0.6 is 0 Å². The van der Waals surface area contributed by atoms with Crippen LogP contribution in [0.2, 0.25) is 0 Å². The molecule has 0 saturated carbocycles. The number of esters is 1. The average Bonchev–Trinajstić information content (AvgIpc) is 3.02. The molecule has 0 unspecified atom stereocenters. The summed E-state index contributed by atoms with van der Waals surface area (Å²) in [7, 11) is 1.17. The molecular weight excluding hydrogens is 427 g/mol. The van der Waals surface area contributed by atoms with E-state index < -0.39 is 29.4 Å². The number of carbonyl (C=O) groups excluding carboxylic acids is 2. The summed E-state index contributed by atoms with van der Waals surface area (Å²) < 4.78 is 45.1. The third-order valence-electron chi connectivity index (χ3n) is 4.91. The van der Waals surface area contributed by atoms with E-state index in [4.69, 9.17) is 0 Å². The number of nitrogens with zero attached hydrogens (tertiary/aromatic N) is 2. The second kappa shape index (κ2) is 8.74. The molecule has 0 aliphatic carbocycles. The van der Waals surface area contributed by atoms with Crippen LogP contribution in [0, 0.1) is 13.8 Å². The number of aryl methyl sites for hydroxylation is 1. The highest BCUT2D eigenvalue weighted by atomic mass is 19.4. The SMILES string of the molecule is COC(=O)c1cccc(NC(=O)Cc2c(C)nn(-c3cccc(C(F)(F)F)c3)c2C)c1O. The van der Waals surface area contributed by atoms with Gasteiger partial charge < -0.3 is 15.2 Å². The molecular formula is C22H20F3N3O4. The summed E-state index contributed by atoms with van der Waals surface area (Å²) in [5, 5.41) is 17.1. The van der Waals surface area contributed by atoms with Crippen molar-refractivity contribution in [3.63, 3.8) is 0 Å². The quantitative estimate of drug-likeness (QED) is 0.452. The van der Waals surface area contributed by atoms with Gasteiger partial charge in [0.1, 0.15) is 5.56 Å². The first-order chi connectivity index (χ1) is 15.0. The van der Waals surface area contributed by atoms with E-state index in [0.29, 0.717) is 17.0 Å². The lowest BCUT2D eigenvalue weighted by molar-refractivity contribution is -0.137. The number of hydrogen-bond acceptors (Lipinski definition) is 5. The molecule has 7 nitrogen and oxygen atoms in total. The van der Waals surface area contributed by atoms with Gasteiger partial charge in [0.2, 0.25) is 5.91 Å². The molecule has 0 fully saturated rings. The first-order valence-electron chi connectivity index (χ1n) is 9.45. The number of hydrogen-bond donors (Lipinski definition) is 2. The number of benzene rings is 2. The highest BCUT2D eigenvalue weighted by Crippen LogP contribution is 2.31. The maximum Gasteiger partial charge on any atom is 0.416 e. The van der Waals surface area contributed by atoms with E-state index in [2.05, 4.69) is 15.2 Å². The number of ether oxygens (including phenoxy) is 1. The minimum Gasteiger partial charge on any atom is -0.505 e. The zero-order valence-corrected chi connectivity index (χ0v) is 17.4. The largest absolute Gasteiger partial charge is 0.505 e. The number of aromatic nitrogens is 2. The van der Waals surface area contributed by atoms with Gasteiger partial charge in [-0.25, -0.2) is 9.48 Å². The molecule has 1 heterocycles.